The van der Waals surface area contributed by atoms with E-state index in [0.29, 0.717) is 12.1 Å². The summed E-state index contributed by atoms with van der Waals surface area (Å²) in [5, 5.41) is 2.88. The van der Waals surface area contributed by atoms with Crippen molar-refractivity contribution in [2.75, 3.05) is 26.7 Å². The smallest absolute Gasteiger partial charge is 0.0504 e. The quantitative estimate of drug-likeness (QED) is 0.388. The number of hydrogen-bond donors (Lipinski definition) is 2. The van der Waals surface area contributed by atoms with Crippen molar-refractivity contribution in [2.45, 2.75) is 51.1 Å². The lowest BCUT2D eigenvalue weighted by Crippen LogP contribution is -2.47. The van der Waals surface area contributed by atoms with Gasteiger partial charge in [0, 0.05) is 52.8 Å². The van der Waals surface area contributed by atoms with E-state index in [1.165, 1.54) is 72.0 Å². The van der Waals surface area contributed by atoms with Crippen molar-refractivity contribution in [3.63, 3.8) is 0 Å². The Balaban J connectivity index is 1.23. The van der Waals surface area contributed by atoms with Crippen LogP contribution >= 0.6 is 0 Å². The van der Waals surface area contributed by atoms with Crippen LogP contribution in [0.3, 0.4) is 0 Å². The van der Waals surface area contributed by atoms with Gasteiger partial charge in [-0.25, -0.2) is 0 Å². The summed E-state index contributed by atoms with van der Waals surface area (Å²) < 4.78 is 0. The summed E-state index contributed by atoms with van der Waals surface area (Å²) in [7, 11) is 2.34. The lowest BCUT2D eigenvalue weighted by molar-refractivity contribution is 0.0325. The van der Waals surface area contributed by atoms with Crippen LogP contribution in [0.15, 0.2) is 48.5 Å². The highest BCUT2D eigenvalue weighted by atomic mass is 15.2. The van der Waals surface area contributed by atoms with Crippen molar-refractivity contribution < 1.29 is 0 Å². The van der Waals surface area contributed by atoms with Crippen LogP contribution in [0.2, 0.25) is 0 Å². The fourth-order valence-corrected chi connectivity index (χ4v) is 7.56. The maximum Gasteiger partial charge on any atom is 0.0504 e. The Bertz CT molecular complexity index is 1350. The molecule has 1 saturated heterocycles. The van der Waals surface area contributed by atoms with E-state index in [0.717, 1.165) is 24.8 Å². The normalized spacial score (nSPS) is 27.6. The molecular formula is C30H36N4. The van der Waals surface area contributed by atoms with Gasteiger partial charge in [0.05, 0.1) is 12.1 Å². The molecule has 4 nitrogen and oxygen atoms in total. The van der Waals surface area contributed by atoms with Gasteiger partial charge in [-0.15, -0.1) is 0 Å². The Hall–Kier alpha value is -2.56. The molecule has 1 fully saturated rings. The maximum atomic E-state index is 3.86. The third kappa shape index (κ3) is 3.11. The number of H-pyrrole nitrogens is 2. The van der Waals surface area contributed by atoms with Gasteiger partial charge in [-0.1, -0.05) is 49.7 Å². The van der Waals surface area contributed by atoms with Crippen LogP contribution in [0.4, 0.5) is 0 Å². The van der Waals surface area contributed by atoms with Crippen molar-refractivity contribution in [1.82, 2.24) is 19.8 Å². The summed E-state index contributed by atoms with van der Waals surface area (Å²) in [6.45, 7) is 6.02. The molecule has 4 heteroatoms. The second-order valence-corrected chi connectivity index (χ2v) is 11.0. The summed E-state index contributed by atoms with van der Waals surface area (Å²) in [5.41, 5.74) is 8.78. The zero-order valence-corrected chi connectivity index (χ0v) is 20.5. The van der Waals surface area contributed by atoms with E-state index in [4.69, 9.17) is 0 Å². The summed E-state index contributed by atoms with van der Waals surface area (Å²) in [4.78, 5) is 13.1. The highest BCUT2D eigenvalue weighted by Crippen LogP contribution is 2.47. The average molecular weight is 453 g/mol. The predicted molar refractivity (Wildman–Crippen MR) is 140 cm³/mol. The molecule has 2 N–H and O–H groups in total. The first-order chi connectivity index (χ1) is 16.7. The van der Waals surface area contributed by atoms with E-state index in [2.05, 4.69) is 82.3 Å². The van der Waals surface area contributed by atoms with Gasteiger partial charge < -0.3 is 9.97 Å². The van der Waals surface area contributed by atoms with Crippen LogP contribution in [0.5, 0.6) is 0 Å². The maximum absolute atomic E-state index is 3.86. The molecule has 5 heterocycles. The van der Waals surface area contributed by atoms with Crippen molar-refractivity contribution in [1.29, 1.82) is 0 Å². The zero-order chi connectivity index (χ0) is 22.8. The number of para-hydroxylation sites is 2. The number of aromatic amines is 2. The standard InChI is InChI=1S/C30H36N4/c1-3-19-18-34-15-13-24-22-9-5-7-11-26(22)32-30(24)28(34)17-20(19)16-27-29-23(12-14-33(27)2)21-8-4-6-10-25(21)31-29/h4-11,19-20,27-28,31-32H,3,12-18H2,1-2H3/t19-,20-,27-,28-/m0/s1. The van der Waals surface area contributed by atoms with Gasteiger partial charge in [0.1, 0.15) is 0 Å². The fraction of sp³-hybridized carbons (Fsp3) is 0.467. The topological polar surface area (TPSA) is 38.1 Å². The first-order valence-corrected chi connectivity index (χ1v) is 13.3. The second-order valence-electron chi connectivity index (χ2n) is 11.0. The molecule has 0 saturated carbocycles. The molecule has 176 valence electrons. The largest absolute Gasteiger partial charge is 0.357 e. The van der Waals surface area contributed by atoms with E-state index in [1.807, 2.05) is 0 Å². The molecule has 0 amide bonds. The van der Waals surface area contributed by atoms with Crippen molar-refractivity contribution in [3.8, 4) is 0 Å². The van der Waals surface area contributed by atoms with Gasteiger partial charge in [-0.3, -0.25) is 9.80 Å². The van der Waals surface area contributed by atoms with Crippen molar-refractivity contribution in [2.24, 2.45) is 11.8 Å². The first-order valence-electron chi connectivity index (χ1n) is 13.3. The number of piperidine rings is 1. The minimum Gasteiger partial charge on any atom is -0.357 e. The molecule has 34 heavy (non-hydrogen) atoms. The minimum absolute atomic E-state index is 0.493. The van der Waals surface area contributed by atoms with Crippen LogP contribution in [-0.4, -0.2) is 46.4 Å². The molecule has 4 aromatic rings. The Kier molecular flexibility index (Phi) is 4.89. The Morgan fingerprint density at radius 2 is 1.47 bits per heavy atom. The SMILES string of the molecule is CC[C@H]1CN2CCc3c([nH]c4ccccc34)[C@@H]2C[C@@H]1C[C@H]1c2[nH]c3ccccc3c2CCN1C. The number of rotatable bonds is 3. The Morgan fingerprint density at radius 1 is 0.824 bits per heavy atom. The number of nitrogens with one attached hydrogen (secondary N) is 2. The second kappa shape index (κ2) is 8.00. The first kappa shape index (κ1) is 20.8. The summed E-state index contributed by atoms with van der Waals surface area (Å²) in [6.07, 6.45) is 6.15. The zero-order valence-electron chi connectivity index (χ0n) is 20.5. The number of hydrogen-bond acceptors (Lipinski definition) is 2. The van der Waals surface area contributed by atoms with Gasteiger partial charge in [0.15, 0.2) is 0 Å². The molecule has 7 rings (SSSR count). The molecule has 0 radical (unpaired) electrons. The minimum atomic E-state index is 0.493. The monoisotopic (exact) mass is 452 g/mol. The molecule has 0 unspecified atom stereocenters. The lowest BCUT2D eigenvalue weighted by atomic mass is 9.73. The molecule has 3 aliphatic heterocycles. The molecular weight excluding hydrogens is 416 g/mol. The third-order valence-corrected chi connectivity index (χ3v) is 9.41. The van der Waals surface area contributed by atoms with Crippen LogP contribution in [0.1, 0.15) is 60.8 Å². The van der Waals surface area contributed by atoms with Gasteiger partial charge in [0.25, 0.3) is 0 Å². The van der Waals surface area contributed by atoms with Crippen molar-refractivity contribution in [3.05, 3.63) is 71.0 Å². The van der Waals surface area contributed by atoms with E-state index in [-0.39, 0.29) is 0 Å². The number of nitrogens with zero attached hydrogens (tertiary/aromatic N) is 2. The molecule has 3 aliphatic rings. The third-order valence-electron chi connectivity index (χ3n) is 9.41. The van der Waals surface area contributed by atoms with E-state index in [1.54, 1.807) is 11.1 Å². The van der Waals surface area contributed by atoms with Crippen LogP contribution < -0.4 is 0 Å². The highest BCUT2D eigenvalue weighted by molar-refractivity contribution is 5.86. The van der Waals surface area contributed by atoms with Gasteiger partial charge in [-0.2, -0.15) is 0 Å². The summed E-state index contributed by atoms with van der Waals surface area (Å²) in [5.74, 6) is 1.53. The molecule has 0 bridgehead atoms. The van der Waals surface area contributed by atoms with Crippen LogP contribution in [-0.2, 0) is 12.8 Å². The van der Waals surface area contributed by atoms with Gasteiger partial charge in [0.2, 0.25) is 0 Å². The lowest BCUT2D eigenvalue weighted by Gasteiger charge is -2.48. The Labute approximate surface area is 202 Å². The van der Waals surface area contributed by atoms with E-state index in [9.17, 15) is 0 Å². The Morgan fingerprint density at radius 3 is 2.21 bits per heavy atom. The summed E-state index contributed by atoms with van der Waals surface area (Å²) in [6, 6.07) is 18.8. The van der Waals surface area contributed by atoms with Crippen molar-refractivity contribution >= 4 is 21.8 Å². The van der Waals surface area contributed by atoms with Crippen LogP contribution in [0.25, 0.3) is 21.8 Å². The summed E-state index contributed by atoms with van der Waals surface area (Å²) >= 11 is 0. The van der Waals surface area contributed by atoms with E-state index >= 15 is 0 Å². The highest BCUT2D eigenvalue weighted by Gasteiger charge is 2.41. The fourth-order valence-electron chi connectivity index (χ4n) is 7.56. The number of benzene rings is 2. The van der Waals surface area contributed by atoms with Gasteiger partial charge in [-0.05, 0) is 67.8 Å². The number of aromatic nitrogens is 2. The average Bonchev–Trinajstić information content (AvgIpc) is 3.44. The molecule has 2 aromatic carbocycles. The van der Waals surface area contributed by atoms with Gasteiger partial charge >= 0.3 is 0 Å². The van der Waals surface area contributed by atoms with E-state index < -0.39 is 0 Å². The predicted octanol–water partition coefficient (Wildman–Crippen LogP) is 6.21. The number of fused-ring (bicyclic) bond motifs is 8. The molecule has 0 spiro atoms. The number of likely N-dealkylation sites (N-methyl/N-ethyl adjacent to an activating group) is 1. The van der Waals surface area contributed by atoms with Crippen LogP contribution in [0, 0.1) is 11.8 Å². The molecule has 0 aliphatic carbocycles. The molecule has 2 aromatic heterocycles. The molecule has 4 atom stereocenters.